The minimum absolute atomic E-state index is 0.00324. The van der Waals surface area contributed by atoms with E-state index in [-0.39, 0.29) is 11.9 Å². The van der Waals surface area contributed by atoms with E-state index in [1.54, 1.807) is 6.07 Å². The molecule has 2 aromatic rings. The molecular formula is C15H17FN2. The van der Waals surface area contributed by atoms with Crippen LogP contribution in [0.15, 0.2) is 42.6 Å². The van der Waals surface area contributed by atoms with Gasteiger partial charge in [0.15, 0.2) is 0 Å². The van der Waals surface area contributed by atoms with E-state index in [1.807, 2.05) is 7.05 Å². The lowest BCUT2D eigenvalue weighted by Crippen LogP contribution is -2.18. The van der Waals surface area contributed by atoms with Gasteiger partial charge in [-0.25, -0.2) is 4.39 Å². The van der Waals surface area contributed by atoms with Gasteiger partial charge >= 0.3 is 0 Å². The zero-order chi connectivity index (χ0) is 13.0. The van der Waals surface area contributed by atoms with Crippen molar-refractivity contribution >= 4 is 0 Å². The van der Waals surface area contributed by atoms with Gasteiger partial charge in [0.2, 0.25) is 0 Å². The predicted octanol–water partition coefficient (Wildman–Crippen LogP) is 3.09. The van der Waals surface area contributed by atoms with E-state index in [1.165, 1.54) is 17.8 Å². The molecule has 0 saturated heterocycles. The first kappa shape index (κ1) is 12.7. The fraction of sp³-hybridized carbons (Fsp3) is 0.267. The second-order valence-corrected chi connectivity index (χ2v) is 4.22. The fourth-order valence-corrected chi connectivity index (χ4v) is 1.99. The van der Waals surface area contributed by atoms with Crippen LogP contribution in [0.3, 0.4) is 0 Å². The van der Waals surface area contributed by atoms with E-state index >= 15 is 0 Å². The summed E-state index contributed by atoms with van der Waals surface area (Å²) in [4.78, 5) is 4.13. The highest BCUT2D eigenvalue weighted by Gasteiger charge is 2.12. The third-order valence-corrected chi connectivity index (χ3v) is 3.06. The first-order valence-corrected chi connectivity index (χ1v) is 6.12. The normalized spacial score (nSPS) is 12.4. The van der Waals surface area contributed by atoms with Gasteiger partial charge in [0.1, 0.15) is 5.82 Å². The summed E-state index contributed by atoms with van der Waals surface area (Å²) in [5, 5.41) is 3.21. The average Bonchev–Trinajstić information content (AvgIpc) is 2.42. The van der Waals surface area contributed by atoms with Crippen LogP contribution in [0.4, 0.5) is 4.39 Å². The van der Waals surface area contributed by atoms with Crippen LogP contribution in [0.1, 0.15) is 29.8 Å². The maximum atomic E-state index is 12.9. The number of halogens is 1. The molecule has 0 bridgehead atoms. The van der Waals surface area contributed by atoms with E-state index in [0.29, 0.717) is 0 Å². The van der Waals surface area contributed by atoms with Crippen LogP contribution in [0, 0.1) is 5.82 Å². The van der Waals surface area contributed by atoms with Crippen LogP contribution in [0.25, 0.3) is 0 Å². The molecule has 1 aromatic carbocycles. The standard InChI is InChI=1S/C15H17FN2/c1-3-11-4-6-12(7-5-11)15(17-2)14-9-8-13(16)10-18-14/h4-10,15,17H,3H2,1-2H3. The minimum Gasteiger partial charge on any atom is -0.308 e. The monoisotopic (exact) mass is 244 g/mol. The summed E-state index contributed by atoms with van der Waals surface area (Å²) in [6.07, 6.45) is 2.28. The molecule has 0 aliphatic rings. The highest BCUT2D eigenvalue weighted by atomic mass is 19.1. The van der Waals surface area contributed by atoms with Gasteiger partial charge < -0.3 is 5.32 Å². The third-order valence-electron chi connectivity index (χ3n) is 3.06. The van der Waals surface area contributed by atoms with Gasteiger partial charge in [0.25, 0.3) is 0 Å². The molecule has 0 fully saturated rings. The second kappa shape index (κ2) is 5.74. The Morgan fingerprint density at radius 3 is 2.39 bits per heavy atom. The number of benzene rings is 1. The number of pyridine rings is 1. The quantitative estimate of drug-likeness (QED) is 0.894. The van der Waals surface area contributed by atoms with E-state index in [4.69, 9.17) is 0 Å². The minimum atomic E-state index is -0.310. The summed E-state index contributed by atoms with van der Waals surface area (Å²) in [5.41, 5.74) is 3.26. The molecule has 0 aliphatic heterocycles. The molecule has 1 atom stereocenters. The highest BCUT2D eigenvalue weighted by molar-refractivity contribution is 5.30. The molecular weight excluding hydrogens is 227 g/mol. The van der Waals surface area contributed by atoms with Crippen LogP contribution in [0.2, 0.25) is 0 Å². The van der Waals surface area contributed by atoms with Crippen molar-refractivity contribution in [3.05, 3.63) is 65.2 Å². The molecule has 0 radical (unpaired) electrons. The molecule has 18 heavy (non-hydrogen) atoms. The Morgan fingerprint density at radius 2 is 1.89 bits per heavy atom. The summed E-state index contributed by atoms with van der Waals surface area (Å²) in [5.74, 6) is -0.310. The van der Waals surface area contributed by atoms with Crippen molar-refractivity contribution in [2.45, 2.75) is 19.4 Å². The smallest absolute Gasteiger partial charge is 0.141 e. The molecule has 0 aliphatic carbocycles. The lowest BCUT2D eigenvalue weighted by Gasteiger charge is -2.16. The maximum Gasteiger partial charge on any atom is 0.141 e. The summed E-state index contributed by atoms with van der Waals surface area (Å²) < 4.78 is 12.9. The highest BCUT2D eigenvalue weighted by Crippen LogP contribution is 2.20. The van der Waals surface area contributed by atoms with Crippen molar-refractivity contribution < 1.29 is 4.39 Å². The average molecular weight is 244 g/mol. The van der Waals surface area contributed by atoms with Crippen LogP contribution < -0.4 is 5.32 Å². The van der Waals surface area contributed by atoms with E-state index in [2.05, 4.69) is 41.5 Å². The van der Waals surface area contributed by atoms with Crippen molar-refractivity contribution in [3.8, 4) is 0 Å². The van der Waals surface area contributed by atoms with Gasteiger partial charge in [0, 0.05) is 0 Å². The van der Waals surface area contributed by atoms with Gasteiger partial charge in [-0.05, 0) is 36.7 Å². The summed E-state index contributed by atoms with van der Waals surface area (Å²) >= 11 is 0. The summed E-state index contributed by atoms with van der Waals surface area (Å²) in [6, 6.07) is 11.6. The molecule has 0 spiro atoms. The van der Waals surface area contributed by atoms with Gasteiger partial charge in [-0.3, -0.25) is 4.98 Å². The SMILES string of the molecule is CCc1ccc(C(NC)c2ccc(F)cn2)cc1. The van der Waals surface area contributed by atoms with E-state index < -0.39 is 0 Å². The van der Waals surface area contributed by atoms with Crippen molar-refractivity contribution in [1.82, 2.24) is 10.3 Å². The van der Waals surface area contributed by atoms with Gasteiger partial charge in [-0.2, -0.15) is 0 Å². The topological polar surface area (TPSA) is 24.9 Å². The second-order valence-electron chi connectivity index (χ2n) is 4.22. The zero-order valence-electron chi connectivity index (χ0n) is 10.7. The Balaban J connectivity index is 2.29. The van der Waals surface area contributed by atoms with Crippen molar-refractivity contribution in [3.63, 3.8) is 0 Å². The Labute approximate surface area is 107 Å². The molecule has 1 aromatic heterocycles. The van der Waals surface area contributed by atoms with Crippen LogP contribution in [0.5, 0.6) is 0 Å². The zero-order valence-corrected chi connectivity index (χ0v) is 10.7. The number of rotatable bonds is 4. The van der Waals surface area contributed by atoms with E-state index in [9.17, 15) is 4.39 Å². The molecule has 1 N–H and O–H groups in total. The maximum absolute atomic E-state index is 12.9. The Hall–Kier alpha value is -1.74. The number of hydrogen-bond acceptors (Lipinski definition) is 2. The lowest BCUT2D eigenvalue weighted by molar-refractivity contribution is 0.610. The Morgan fingerprint density at radius 1 is 1.17 bits per heavy atom. The molecule has 0 amide bonds. The number of hydrogen-bond donors (Lipinski definition) is 1. The number of nitrogens with zero attached hydrogens (tertiary/aromatic N) is 1. The third kappa shape index (κ3) is 2.74. The van der Waals surface area contributed by atoms with Gasteiger partial charge in [-0.15, -0.1) is 0 Å². The van der Waals surface area contributed by atoms with Gasteiger partial charge in [0.05, 0.1) is 17.9 Å². The van der Waals surface area contributed by atoms with Crippen LogP contribution in [-0.4, -0.2) is 12.0 Å². The van der Waals surface area contributed by atoms with Crippen molar-refractivity contribution in [1.29, 1.82) is 0 Å². The summed E-state index contributed by atoms with van der Waals surface area (Å²) in [7, 11) is 1.88. The number of aromatic nitrogens is 1. The number of aryl methyl sites for hydroxylation is 1. The first-order chi connectivity index (χ1) is 8.74. The molecule has 1 unspecified atom stereocenters. The number of nitrogens with one attached hydrogen (secondary N) is 1. The molecule has 1 heterocycles. The Bertz CT molecular complexity index is 491. The largest absolute Gasteiger partial charge is 0.308 e. The van der Waals surface area contributed by atoms with Crippen LogP contribution >= 0.6 is 0 Å². The Kier molecular flexibility index (Phi) is 4.05. The predicted molar refractivity (Wildman–Crippen MR) is 70.9 cm³/mol. The lowest BCUT2D eigenvalue weighted by atomic mass is 10.0. The molecule has 0 saturated carbocycles. The molecule has 2 rings (SSSR count). The van der Waals surface area contributed by atoms with Crippen molar-refractivity contribution in [2.75, 3.05) is 7.05 Å². The molecule has 94 valence electrons. The van der Waals surface area contributed by atoms with Crippen molar-refractivity contribution in [2.24, 2.45) is 0 Å². The first-order valence-electron chi connectivity index (χ1n) is 6.12. The fourth-order valence-electron chi connectivity index (χ4n) is 1.99. The van der Waals surface area contributed by atoms with Gasteiger partial charge in [-0.1, -0.05) is 31.2 Å². The summed E-state index contributed by atoms with van der Waals surface area (Å²) in [6.45, 7) is 2.13. The molecule has 3 heteroatoms. The van der Waals surface area contributed by atoms with Crippen LogP contribution in [-0.2, 0) is 6.42 Å². The molecule has 2 nitrogen and oxygen atoms in total. The van der Waals surface area contributed by atoms with E-state index in [0.717, 1.165) is 17.7 Å².